The highest BCUT2D eigenvalue weighted by molar-refractivity contribution is 5.27. The lowest BCUT2D eigenvalue weighted by atomic mass is 10.0. The largest absolute Gasteiger partial charge is 0.497 e. The Labute approximate surface area is 123 Å². The maximum Gasteiger partial charge on any atom is 0.118 e. The molecular weight excluding hydrogens is 248 g/mol. The van der Waals surface area contributed by atoms with Crippen molar-refractivity contribution in [3.63, 3.8) is 0 Å². The molecule has 1 aromatic carbocycles. The molecule has 0 atom stereocenters. The van der Waals surface area contributed by atoms with E-state index in [0.717, 1.165) is 12.2 Å². The summed E-state index contributed by atoms with van der Waals surface area (Å²) in [5.74, 6) is 0.939. The van der Waals surface area contributed by atoms with Crippen LogP contribution in [0.25, 0.3) is 0 Å². The molecule has 2 rings (SSSR count). The van der Waals surface area contributed by atoms with Crippen LogP contribution < -0.4 is 10.1 Å². The van der Waals surface area contributed by atoms with Gasteiger partial charge in [0.1, 0.15) is 5.75 Å². The van der Waals surface area contributed by atoms with E-state index < -0.39 is 0 Å². The number of piperidine rings is 1. The highest BCUT2D eigenvalue weighted by Gasteiger charge is 2.18. The Kier molecular flexibility index (Phi) is 5.86. The maximum absolute atomic E-state index is 5.19. The first-order valence-corrected chi connectivity index (χ1v) is 7.78. The van der Waals surface area contributed by atoms with E-state index >= 15 is 0 Å². The van der Waals surface area contributed by atoms with E-state index in [-0.39, 0.29) is 0 Å². The molecule has 0 unspecified atom stereocenters. The molecule has 0 aromatic heterocycles. The molecule has 1 saturated heterocycles. The number of hydrogen-bond acceptors (Lipinski definition) is 3. The molecule has 112 valence electrons. The van der Waals surface area contributed by atoms with Crippen LogP contribution in [0.4, 0.5) is 0 Å². The molecule has 0 radical (unpaired) electrons. The van der Waals surface area contributed by atoms with Crippen LogP contribution in [-0.4, -0.2) is 43.7 Å². The van der Waals surface area contributed by atoms with E-state index in [4.69, 9.17) is 4.74 Å². The Balaban J connectivity index is 1.70. The highest BCUT2D eigenvalue weighted by Crippen LogP contribution is 2.14. The minimum Gasteiger partial charge on any atom is -0.497 e. The lowest BCUT2D eigenvalue weighted by Gasteiger charge is -2.33. The first-order valence-electron chi connectivity index (χ1n) is 7.78. The molecule has 0 amide bonds. The summed E-state index contributed by atoms with van der Waals surface area (Å²) in [6.45, 7) is 8.08. The normalized spacial score (nSPS) is 17.6. The Morgan fingerprint density at radius 1 is 1.20 bits per heavy atom. The predicted octanol–water partition coefficient (Wildman–Crippen LogP) is 2.70. The van der Waals surface area contributed by atoms with Crippen LogP contribution in [0.15, 0.2) is 24.3 Å². The third kappa shape index (κ3) is 4.80. The molecule has 1 aromatic rings. The molecular formula is C17H28N2O. The highest BCUT2D eigenvalue weighted by atomic mass is 16.5. The van der Waals surface area contributed by atoms with Crippen LogP contribution in [0.1, 0.15) is 32.3 Å². The van der Waals surface area contributed by atoms with Crippen LogP contribution >= 0.6 is 0 Å². The van der Waals surface area contributed by atoms with E-state index in [1.165, 1.54) is 38.0 Å². The zero-order chi connectivity index (χ0) is 14.4. The van der Waals surface area contributed by atoms with Gasteiger partial charge in [-0.1, -0.05) is 26.0 Å². The van der Waals surface area contributed by atoms with Gasteiger partial charge in [0.05, 0.1) is 7.11 Å². The van der Waals surface area contributed by atoms with Crippen LogP contribution in [0.3, 0.4) is 0 Å². The molecule has 0 aliphatic carbocycles. The Bertz CT molecular complexity index is 380. The number of rotatable bonds is 6. The molecule has 3 nitrogen and oxygen atoms in total. The second kappa shape index (κ2) is 7.65. The third-order valence-electron chi connectivity index (χ3n) is 4.03. The average molecular weight is 276 g/mol. The van der Waals surface area contributed by atoms with Crippen molar-refractivity contribution in [3.05, 3.63) is 29.8 Å². The van der Waals surface area contributed by atoms with Gasteiger partial charge in [-0.25, -0.2) is 0 Å². The number of likely N-dealkylation sites (tertiary alicyclic amines) is 1. The second-order valence-electron chi connectivity index (χ2n) is 6.04. The van der Waals surface area contributed by atoms with Crippen molar-refractivity contribution in [3.8, 4) is 5.75 Å². The van der Waals surface area contributed by atoms with Crippen molar-refractivity contribution in [1.29, 1.82) is 0 Å². The van der Waals surface area contributed by atoms with Crippen molar-refractivity contribution < 1.29 is 4.74 Å². The van der Waals surface area contributed by atoms with Gasteiger partial charge in [0.2, 0.25) is 0 Å². The van der Waals surface area contributed by atoms with Crippen molar-refractivity contribution in [2.24, 2.45) is 0 Å². The van der Waals surface area contributed by atoms with Crippen molar-refractivity contribution in [2.75, 3.05) is 26.7 Å². The van der Waals surface area contributed by atoms with Crippen molar-refractivity contribution in [2.45, 2.75) is 45.2 Å². The van der Waals surface area contributed by atoms with Gasteiger partial charge in [-0.3, -0.25) is 0 Å². The van der Waals surface area contributed by atoms with Gasteiger partial charge in [-0.2, -0.15) is 0 Å². The Hall–Kier alpha value is -1.06. The zero-order valence-corrected chi connectivity index (χ0v) is 13.1. The zero-order valence-electron chi connectivity index (χ0n) is 13.1. The summed E-state index contributed by atoms with van der Waals surface area (Å²) < 4.78 is 5.19. The minimum absolute atomic E-state index is 0.603. The predicted molar refractivity (Wildman–Crippen MR) is 84.4 cm³/mol. The molecule has 3 heteroatoms. The summed E-state index contributed by atoms with van der Waals surface area (Å²) in [6, 6.07) is 9.76. The van der Waals surface area contributed by atoms with E-state index in [0.29, 0.717) is 12.1 Å². The Morgan fingerprint density at radius 3 is 2.40 bits per heavy atom. The first kappa shape index (κ1) is 15.3. The monoisotopic (exact) mass is 276 g/mol. The maximum atomic E-state index is 5.19. The molecule has 20 heavy (non-hydrogen) atoms. The summed E-state index contributed by atoms with van der Waals surface area (Å²) in [6.07, 6.45) is 3.69. The van der Waals surface area contributed by atoms with Crippen LogP contribution in [0.5, 0.6) is 5.75 Å². The lowest BCUT2D eigenvalue weighted by molar-refractivity contribution is 0.195. The van der Waals surface area contributed by atoms with Gasteiger partial charge < -0.3 is 15.0 Å². The fraction of sp³-hybridized carbons (Fsp3) is 0.647. The second-order valence-corrected chi connectivity index (χ2v) is 6.04. The van der Waals surface area contributed by atoms with E-state index in [9.17, 15) is 0 Å². The number of nitrogens with zero attached hydrogens (tertiary/aromatic N) is 1. The minimum atomic E-state index is 0.603. The Morgan fingerprint density at radius 2 is 1.85 bits per heavy atom. The third-order valence-corrected chi connectivity index (χ3v) is 4.03. The molecule has 1 N–H and O–H groups in total. The van der Waals surface area contributed by atoms with E-state index in [2.05, 4.69) is 36.2 Å². The summed E-state index contributed by atoms with van der Waals surface area (Å²) in [4.78, 5) is 2.59. The van der Waals surface area contributed by atoms with Crippen LogP contribution in [0, 0.1) is 0 Å². The van der Waals surface area contributed by atoms with Gasteiger partial charge in [-0.05, 0) is 50.0 Å². The van der Waals surface area contributed by atoms with Gasteiger partial charge in [0.25, 0.3) is 0 Å². The fourth-order valence-corrected chi connectivity index (χ4v) is 2.87. The van der Waals surface area contributed by atoms with Crippen LogP contribution in [0.2, 0.25) is 0 Å². The summed E-state index contributed by atoms with van der Waals surface area (Å²) in [5, 5.41) is 3.65. The summed E-state index contributed by atoms with van der Waals surface area (Å²) >= 11 is 0. The van der Waals surface area contributed by atoms with Crippen LogP contribution in [-0.2, 0) is 6.42 Å². The first-order chi connectivity index (χ1) is 9.67. The smallest absolute Gasteiger partial charge is 0.118 e. The molecule has 1 fully saturated rings. The summed E-state index contributed by atoms with van der Waals surface area (Å²) in [7, 11) is 1.71. The lowest BCUT2D eigenvalue weighted by Crippen LogP contribution is -2.45. The number of benzene rings is 1. The molecule has 1 aliphatic heterocycles. The molecule has 0 bridgehead atoms. The number of nitrogens with one attached hydrogen (secondary N) is 1. The van der Waals surface area contributed by atoms with Gasteiger partial charge in [0.15, 0.2) is 0 Å². The van der Waals surface area contributed by atoms with Gasteiger partial charge in [0, 0.05) is 18.6 Å². The van der Waals surface area contributed by atoms with E-state index in [1.807, 2.05) is 12.1 Å². The number of methoxy groups -OCH3 is 1. The number of ether oxygens (including phenoxy) is 1. The number of hydrogen-bond donors (Lipinski definition) is 1. The van der Waals surface area contributed by atoms with Gasteiger partial charge >= 0.3 is 0 Å². The molecule has 0 saturated carbocycles. The van der Waals surface area contributed by atoms with E-state index in [1.54, 1.807) is 7.11 Å². The average Bonchev–Trinajstić information content (AvgIpc) is 2.46. The van der Waals surface area contributed by atoms with Gasteiger partial charge in [-0.15, -0.1) is 0 Å². The topological polar surface area (TPSA) is 24.5 Å². The van der Waals surface area contributed by atoms with Crippen molar-refractivity contribution in [1.82, 2.24) is 10.2 Å². The van der Waals surface area contributed by atoms with Crippen molar-refractivity contribution >= 4 is 0 Å². The fourth-order valence-electron chi connectivity index (χ4n) is 2.87. The molecule has 1 heterocycles. The SMILES string of the molecule is COc1ccc(CCN2CCC(NC(C)C)CC2)cc1. The standard InChI is InChI=1S/C17H28N2O/c1-14(2)18-16-9-12-19(13-10-16)11-8-15-4-6-17(20-3)7-5-15/h4-7,14,16,18H,8-13H2,1-3H3. The molecule has 0 spiro atoms. The summed E-state index contributed by atoms with van der Waals surface area (Å²) in [5.41, 5.74) is 1.40. The quantitative estimate of drug-likeness (QED) is 0.864. The molecule has 1 aliphatic rings.